The number of halogens is 1. The number of rotatable bonds is 7. The van der Waals surface area contributed by atoms with E-state index in [0.717, 1.165) is 21.2 Å². The average molecular weight is 397 g/mol. The smallest absolute Gasteiger partial charge is 0.113 e. The molecule has 3 rings (SSSR count). The second kappa shape index (κ2) is 8.95. The third-order valence-electron chi connectivity index (χ3n) is 4.16. The van der Waals surface area contributed by atoms with Gasteiger partial charge in [0.25, 0.3) is 0 Å². The van der Waals surface area contributed by atoms with Gasteiger partial charge in [0.05, 0.1) is 6.61 Å². The van der Waals surface area contributed by atoms with Gasteiger partial charge < -0.3 is 9.47 Å². The molecule has 2 atom stereocenters. The molecule has 3 aromatic carbocycles. The molecule has 2 nitrogen and oxygen atoms in total. The lowest BCUT2D eigenvalue weighted by Gasteiger charge is -2.27. The Bertz CT molecular complexity index is 774. The van der Waals surface area contributed by atoms with E-state index in [1.165, 1.54) is 0 Å². The molecule has 0 fully saturated rings. The second-order valence-electron chi connectivity index (χ2n) is 5.80. The lowest BCUT2D eigenvalue weighted by molar-refractivity contribution is -0.0684. The third kappa shape index (κ3) is 4.57. The quantitative estimate of drug-likeness (QED) is 0.480. The van der Waals surface area contributed by atoms with E-state index in [2.05, 4.69) is 46.3 Å². The Morgan fingerprint density at radius 3 is 1.80 bits per heavy atom. The van der Waals surface area contributed by atoms with Crippen molar-refractivity contribution >= 4 is 15.9 Å². The molecular formula is C22H21BrO2. The van der Waals surface area contributed by atoms with E-state index in [0.29, 0.717) is 6.61 Å². The third-order valence-corrected chi connectivity index (χ3v) is 4.93. The highest BCUT2D eigenvalue weighted by molar-refractivity contribution is 9.10. The zero-order valence-electron chi connectivity index (χ0n) is 14.1. The van der Waals surface area contributed by atoms with Crippen molar-refractivity contribution in [1.29, 1.82) is 0 Å². The van der Waals surface area contributed by atoms with Crippen molar-refractivity contribution in [3.63, 3.8) is 0 Å². The standard InChI is InChI=1S/C22H21BrO2/c1-24-21(17-10-4-2-5-11-17)22(18-12-6-3-7-13-18)25-16-19-14-8-9-15-20(19)23/h2-15,21-22H,16H2,1H3/t21-,22-/m1/s1. The van der Waals surface area contributed by atoms with E-state index in [4.69, 9.17) is 9.47 Å². The summed E-state index contributed by atoms with van der Waals surface area (Å²) in [6.07, 6.45) is -0.369. The van der Waals surface area contributed by atoms with Crippen molar-refractivity contribution in [2.45, 2.75) is 18.8 Å². The fourth-order valence-electron chi connectivity index (χ4n) is 2.87. The topological polar surface area (TPSA) is 18.5 Å². The molecule has 0 saturated carbocycles. The Morgan fingerprint density at radius 1 is 0.720 bits per heavy atom. The molecule has 0 heterocycles. The summed E-state index contributed by atoms with van der Waals surface area (Å²) in [5.41, 5.74) is 3.32. The van der Waals surface area contributed by atoms with E-state index < -0.39 is 0 Å². The Balaban J connectivity index is 1.88. The molecule has 0 aliphatic carbocycles. The highest BCUT2D eigenvalue weighted by atomic mass is 79.9. The van der Waals surface area contributed by atoms with Crippen LogP contribution in [0.3, 0.4) is 0 Å². The van der Waals surface area contributed by atoms with Crippen LogP contribution < -0.4 is 0 Å². The van der Waals surface area contributed by atoms with E-state index in [1.807, 2.05) is 54.6 Å². The monoisotopic (exact) mass is 396 g/mol. The summed E-state index contributed by atoms with van der Waals surface area (Å²) >= 11 is 3.59. The summed E-state index contributed by atoms with van der Waals surface area (Å²) in [4.78, 5) is 0. The van der Waals surface area contributed by atoms with Gasteiger partial charge in [0.2, 0.25) is 0 Å². The Kier molecular flexibility index (Phi) is 6.40. The van der Waals surface area contributed by atoms with Crippen LogP contribution in [-0.2, 0) is 16.1 Å². The van der Waals surface area contributed by atoms with Gasteiger partial charge in [-0.25, -0.2) is 0 Å². The molecule has 0 N–H and O–H groups in total. The molecule has 0 aliphatic rings. The number of hydrogen-bond acceptors (Lipinski definition) is 2. The average Bonchev–Trinajstić information content (AvgIpc) is 2.68. The minimum Gasteiger partial charge on any atom is -0.374 e. The lowest BCUT2D eigenvalue weighted by Crippen LogP contribution is -2.17. The van der Waals surface area contributed by atoms with Gasteiger partial charge >= 0.3 is 0 Å². The van der Waals surface area contributed by atoms with Gasteiger partial charge in [-0.1, -0.05) is 94.8 Å². The van der Waals surface area contributed by atoms with Crippen LogP contribution >= 0.6 is 15.9 Å². The van der Waals surface area contributed by atoms with Crippen molar-refractivity contribution < 1.29 is 9.47 Å². The molecule has 0 amide bonds. The van der Waals surface area contributed by atoms with Crippen molar-refractivity contribution in [1.82, 2.24) is 0 Å². The van der Waals surface area contributed by atoms with Crippen molar-refractivity contribution in [3.05, 3.63) is 106 Å². The van der Waals surface area contributed by atoms with Crippen molar-refractivity contribution in [2.75, 3.05) is 7.11 Å². The van der Waals surface area contributed by atoms with Gasteiger partial charge in [0.1, 0.15) is 12.2 Å². The molecule has 3 aromatic rings. The fraction of sp³-hybridized carbons (Fsp3) is 0.182. The fourth-order valence-corrected chi connectivity index (χ4v) is 3.27. The Hall–Kier alpha value is -1.94. The largest absolute Gasteiger partial charge is 0.374 e. The molecule has 0 bridgehead atoms. The molecule has 3 heteroatoms. The normalized spacial score (nSPS) is 13.4. The summed E-state index contributed by atoms with van der Waals surface area (Å²) in [6, 6.07) is 28.6. The summed E-state index contributed by atoms with van der Waals surface area (Å²) in [7, 11) is 1.73. The number of ether oxygens (including phenoxy) is 2. The SMILES string of the molecule is CO[C@H](c1ccccc1)[C@H](OCc1ccccc1Br)c1ccccc1. The van der Waals surface area contributed by atoms with E-state index in [-0.39, 0.29) is 12.2 Å². The highest BCUT2D eigenvalue weighted by Crippen LogP contribution is 2.35. The first kappa shape index (κ1) is 17.9. The lowest BCUT2D eigenvalue weighted by atomic mass is 9.98. The van der Waals surface area contributed by atoms with Gasteiger partial charge in [-0.2, -0.15) is 0 Å². The molecule has 0 radical (unpaired) electrons. The van der Waals surface area contributed by atoms with Crippen LogP contribution in [0.2, 0.25) is 0 Å². The maximum atomic E-state index is 6.35. The van der Waals surface area contributed by atoms with Crippen LogP contribution in [0.15, 0.2) is 89.4 Å². The Morgan fingerprint density at radius 2 is 1.24 bits per heavy atom. The minimum atomic E-state index is -0.194. The number of benzene rings is 3. The van der Waals surface area contributed by atoms with E-state index in [9.17, 15) is 0 Å². The molecule has 0 unspecified atom stereocenters. The van der Waals surface area contributed by atoms with Crippen LogP contribution in [0.1, 0.15) is 28.9 Å². The van der Waals surface area contributed by atoms with Crippen LogP contribution in [0, 0.1) is 0 Å². The van der Waals surface area contributed by atoms with Gasteiger partial charge in [-0.3, -0.25) is 0 Å². The predicted octanol–water partition coefficient (Wildman–Crippen LogP) is 6.09. The van der Waals surface area contributed by atoms with Gasteiger partial charge in [0, 0.05) is 11.6 Å². The maximum absolute atomic E-state index is 6.35. The maximum Gasteiger partial charge on any atom is 0.113 e. The first-order valence-corrected chi connectivity index (χ1v) is 9.06. The molecule has 128 valence electrons. The van der Waals surface area contributed by atoms with Crippen LogP contribution in [0.25, 0.3) is 0 Å². The Labute approximate surface area is 157 Å². The summed E-state index contributed by atoms with van der Waals surface area (Å²) < 4.78 is 13.2. The molecule has 25 heavy (non-hydrogen) atoms. The van der Waals surface area contributed by atoms with Crippen LogP contribution in [0.4, 0.5) is 0 Å². The number of methoxy groups -OCH3 is 1. The van der Waals surface area contributed by atoms with Crippen LogP contribution in [-0.4, -0.2) is 7.11 Å². The summed E-state index contributed by atoms with van der Waals surface area (Å²) in [6.45, 7) is 0.508. The molecule has 0 spiro atoms. The van der Waals surface area contributed by atoms with Gasteiger partial charge in [-0.15, -0.1) is 0 Å². The van der Waals surface area contributed by atoms with Crippen molar-refractivity contribution in [3.8, 4) is 0 Å². The first-order chi connectivity index (χ1) is 12.3. The number of hydrogen-bond donors (Lipinski definition) is 0. The van der Waals surface area contributed by atoms with Gasteiger partial charge in [-0.05, 0) is 22.8 Å². The van der Waals surface area contributed by atoms with E-state index in [1.54, 1.807) is 7.11 Å². The summed E-state index contributed by atoms with van der Waals surface area (Å²) in [5.74, 6) is 0. The van der Waals surface area contributed by atoms with Gasteiger partial charge in [0.15, 0.2) is 0 Å². The first-order valence-electron chi connectivity index (χ1n) is 8.27. The molecule has 0 saturated heterocycles. The highest BCUT2D eigenvalue weighted by Gasteiger charge is 2.25. The zero-order chi connectivity index (χ0) is 17.5. The minimum absolute atomic E-state index is 0.175. The van der Waals surface area contributed by atoms with E-state index >= 15 is 0 Å². The molecular weight excluding hydrogens is 376 g/mol. The van der Waals surface area contributed by atoms with Crippen molar-refractivity contribution in [2.24, 2.45) is 0 Å². The zero-order valence-corrected chi connectivity index (χ0v) is 15.7. The predicted molar refractivity (Wildman–Crippen MR) is 104 cm³/mol. The second-order valence-corrected chi connectivity index (χ2v) is 6.66. The molecule has 0 aliphatic heterocycles. The summed E-state index contributed by atoms with van der Waals surface area (Å²) in [5, 5.41) is 0. The van der Waals surface area contributed by atoms with Crippen LogP contribution in [0.5, 0.6) is 0 Å². The molecule has 0 aromatic heterocycles.